The highest BCUT2D eigenvalue weighted by Gasteiger charge is 2.15. The van der Waals surface area contributed by atoms with E-state index in [1.165, 1.54) is 6.92 Å². The van der Waals surface area contributed by atoms with E-state index in [2.05, 4.69) is 15.1 Å². The lowest BCUT2D eigenvalue weighted by molar-refractivity contribution is 0.0926. The van der Waals surface area contributed by atoms with Gasteiger partial charge in [0.2, 0.25) is 5.91 Å². The Morgan fingerprint density at radius 1 is 1.24 bits per heavy atom. The van der Waals surface area contributed by atoms with Gasteiger partial charge in [0.05, 0.1) is 11.0 Å². The first-order valence-electron chi connectivity index (χ1n) is 4.99. The van der Waals surface area contributed by atoms with E-state index in [9.17, 15) is 4.79 Å². The van der Waals surface area contributed by atoms with E-state index in [1.54, 1.807) is 0 Å². The Bertz CT molecular complexity index is 750. The molecule has 0 atom stereocenters. The van der Waals surface area contributed by atoms with Crippen molar-refractivity contribution in [1.29, 1.82) is 0 Å². The van der Waals surface area contributed by atoms with E-state index >= 15 is 0 Å². The zero-order valence-electron chi connectivity index (χ0n) is 8.88. The molecule has 17 heavy (non-hydrogen) atoms. The van der Waals surface area contributed by atoms with Crippen LogP contribution >= 0.6 is 11.6 Å². The van der Waals surface area contributed by atoms with Gasteiger partial charge in [0.15, 0.2) is 10.8 Å². The number of carbonyl (C=O) groups excluding carboxylic acids is 1. The van der Waals surface area contributed by atoms with E-state index in [4.69, 9.17) is 11.6 Å². The minimum absolute atomic E-state index is 0.188. The number of halogens is 1. The largest absolute Gasteiger partial charge is 0.273 e. The monoisotopic (exact) mass is 246 g/mol. The molecule has 0 aliphatic heterocycles. The molecule has 0 aliphatic carbocycles. The highest BCUT2D eigenvalue weighted by atomic mass is 35.5. The van der Waals surface area contributed by atoms with Gasteiger partial charge >= 0.3 is 0 Å². The third kappa shape index (κ3) is 1.47. The van der Waals surface area contributed by atoms with E-state index in [-0.39, 0.29) is 11.1 Å². The van der Waals surface area contributed by atoms with Gasteiger partial charge in [-0.05, 0) is 12.1 Å². The molecule has 0 N–H and O–H groups in total. The standard InChI is InChI=1S/C11H7ClN4O/c1-6(17)16-11-9(10(12)15-16)13-7-4-2-3-5-8(7)14-11/h2-5H,1H3. The quantitative estimate of drug-likeness (QED) is 0.611. The van der Waals surface area contributed by atoms with Gasteiger partial charge in [0.25, 0.3) is 0 Å². The van der Waals surface area contributed by atoms with E-state index in [1.807, 2.05) is 24.3 Å². The lowest BCUT2D eigenvalue weighted by atomic mass is 10.3. The normalized spacial score (nSPS) is 11.2. The fraction of sp³-hybridized carbons (Fsp3) is 0.0909. The minimum atomic E-state index is -0.244. The molecular formula is C11H7ClN4O. The summed E-state index contributed by atoms with van der Waals surface area (Å²) >= 11 is 5.94. The van der Waals surface area contributed by atoms with Crippen molar-refractivity contribution < 1.29 is 4.79 Å². The maximum absolute atomic E-state index is 11.4. The maximum Gasteiger partial charge on any atom is 0.245 e. The zero-order chi connectivity index (χ0) is 12.0. The summed E-state index contributed by atoms with van der Waals surface area (Å²) in [7, 11) is 0. The van der Waals surface area contributed by atoms with Gasteiger partial charge in [-0.2, -0.15) is 4.68 Å². The molecule has 6 heteroatoms. The molecule has 5 nitrogen and oxygen atoms in total. The van der Waals surface area contributed by atoms with Gasteiger partial charge < -0.3 is 0 Å². The number of hydrogen-bond acceptors (Lipinski definition) is 4. The average Bonchev–Trinajstić information content (AvgIpc) is 2.64. The summed E-state index contributed by atoms with van der Waals surface area (Å²) < 4.78 is 1.16. The summed E-state index contributed by atoms with van der Waals surface area (Å²) in [4.78, 5) is 20.1. The number of carbonyl (C=O) groups is 1. The number of rotatable bonds is 0. The van der Waals surface area contributed by atoms with Crippen LogP contribution in [0.15, 0.2) is 24.3 Å². The second-order valence-electron chi connectivity index (χ2n) is 3.61. The Morgan fingerprint density at radius 3 is 2.53 bits per heavy atom. The molecule has 0 unspecified atom stereocenters. The van der Waals surface area contributed by atoms with Gasteiger partial charge in [0, 0.05) is 6.92 Å². The van der Waals surface area contributed by atoms with Gasteiger partial charge in [-0.15, -0.1) is 5.10 Å². The lowest BCUT2D eigenvalue weighted by Gasteiger charge is -1.98. The second kappa shape index (κ2) is 3.49. The highest BCUT2D eigenvalue weighted by molar-refractivity contribution is 6.34. The molecule has 1 aromatic carbocycles. The molecule has 84 valence electrons. The first kappa shape index (κ1) is 10.2. The third-order valence-electron chi connectivity index (χ3n) is 2.43. The number of benzene rings is 1. The Morgan fingerprint density at radius 2 is 1.88 bits per heavy atom. The van der Waals surface area contributed by atoms with Crippen LogP contribution in [0.5, 0.6) is 0 Å². The van der Waals surface area contributed by atoms with Crippen LogP contribution in [-0.4, -0.2) is 25.7 Å². The van der Waals surface area contributed by atoms with Crippen molar-refractivity contribution >= 4 is 39.7 Å². The first-order valence-corrected chi connectivity index (χ1v) is 5.36. The summed E-state index contributed by atoms with van der Waals surface area (Å²) in [6.07, 6.45) is 0. The van der Waals surface area contributed by atoms with Gasteiger partial charge in [-0.1, -0.05) is 23.7 Å². The number of hydrogen-bond donors (Lipinski definition) is 0. The van der Waals surface area contributed by atoms with Crippen molar-refractivity contribution in [3.05, 3.63) is 29.4 Å². The second-order valence-corrected chi connectivity index (χ2v) is 3.96. The highest BCUT2D eigenvalue weighted by Crippen LogP contribution is 2.22. The van der Waals surface area contributed by atoms with E-state index in [0.717, 1.165) is 10.2 Å². The molecule has 2 heterocycles. The van der Waals surface area contributed by atoms with Crippen LogP contribution in [0.4, 0.5) is 0 Å². The smallest absolute Gasteiger partial charge is 0.245 e. The summed E-state index contributed by atoms with van der Waals surface area (Å²) in [6, 6.07) is 7.39. The van der Waals surface area contributed by atoms with Crippen molar-refractivity contribution in [2.24, 2.45) is 0 Å². The van der Waals surface area contributed by atoms with Crippen molar-refractivity contribution in [2.75, 3.05) is 0 Å². The summed E-state index contributed by atoms with van der Waals surface area (Å²) in [5.41, 5.74) is 2.27. The Hall–Kier alpha value is -2.01. The molecule has 2 aromatic heterocycles. The van der Waals surface area contributed by atoms with Crippen molar-refractivity contribution in [3.63, 3.8) is 0 Å². The molecule has 0 amide bonds. The molecule has 0 bridgehead atoms. The van der Waals surface area contributed by atoms with Gasteiger partial charge in [-0.25, -0.2) is 9.97 Å². The van der Waals surface area contributed by atoms with Crippen molar-refractivity contribution in [1.82, 2.24) is 19.7 Å². The number of aromatic nitrogens is 4. The number of nitrogens with zero attached hydrogens (tertiary/aromatic N) is 4. The summed E-state index contributed by atoms with van der Waals surface area (Å²) in [6.45, 7) is 1.40. The molecular weight excluding hydrogens is 240 g/mol. The SMILES string of the molecule is CC(=O)n1nc(Cl)c2nc3ccccc3nc21. The van der Waals surface area contributed by atoms with Crippen LogP contribution < -0.4 is 0 Å². The van der Waals surface area contributed by atoms with Crippen LogP contribution in [0.2, 0.25) is 5.15 Å². The predicted molar refractivity (Wildman–Crippen MR) is 64.1 cm³/mol. The molecule has 0 radical (unpaired) electrons. The summed E-state index contributed by atoms with van der Waals surface area (Å²) in [5.74, 6) is -0.244. The molecule has 3 rings (SSSR count). The van der Waals surface area contributed by atoms with E-state index in [0.29, 0.717) is 16.7 Å². The topological polar surface area (TPSA) is 60.7 Å². The van der Waals surface area contributed by atoms with Crippen LogP contribution in [0, 0.1) is 0 Å². The number of para-hydroxylation sites is 2. The van der Waals surface area contributed by atoms with E-state index < -0.39 is 0 Å². The molecule has 0 saturated heterocycles. The Kier molecular flexibility index (Phi) is 2.09. The fourth-order valence-electron chi connectivity index (χ4n) is 1.68. The molecule has 0 saturated carbocycles. The first-order chi connectivity index (χ1) is 8.16. The fourth-order valence-corrected chi connectivity index (χ4v) is 1.88. The summed E-state index contributed by atoms with van der Waals surface area (Å²) in [5, 5.41) is 4.11. The molecule has 0 aliphatic rings. The predicted octanol–water partition coefficient (Wildman–Crippen LogP) is 2.29. The van der Waals surface area contributed by atoms with Gasteiger partial charge in [0.1, 0.15) is 5.52 Å². The Balaban J connectivity index is 2.49. The Labute approximate surface area is 101 Å². The maximum atomic E-state index is 11.4. The van der Waals surface area contributed by atoms with Crippen molar-refractivity contribution in [3.8, 4) is 0 Å². The average molecular weight is 247 g/mol. The van der Waals surface area contributed by atoms with Crippen LogP contribution in [0.25, 0.3) is 22.2 Å². The molecule has 3 aromatic rings. The lowest BCUT2D eigenvalue weighted by Crippen LogP contribution is -2.08. The molecule has 0 spiro atoms. The number of fused-ring (bicyclic) bond motifs is 2. The zero-order valence-corrected chi connectivity index (χ0v) is 9.64. The van der Waals surface area contributed by atoms with Crippen LogP contribution in [0.3, 0.4) is 0 Å². The molecule has 0 fully saturated rings. The third-order valence-corrected chi connectivity index (χ3v) is 2.69. The minimum Gasteiger partial charge on any atom is -0.273 e. The van der Waals surface area contributed by atoms with Crippen molar-refractivity contribution in [2.45, 2.75) is 6.92 Å². The van der Waals surface area contributed by atoms with Crippen LogP contribution in [-0.2, 0) is 0 Å². The van der Waals surface area contributed by atoms with Crippen LogP contribution in [0.1, 0.15) is 11.7 Å². The van der Waals surface area contributed by atoms with Gasteiger partial charge in [-0.3, -0.25) is 4.79 Å².